The van der Waals surface area contributed by atoms with E-state index in [1.54, 1.807) is 13.8 Å². The molecule has 0 amide bonds. The summed E-state index contributed by atoms with van der Waals surface area (Å²) in [6, 6.07) is 0. The first-order valence-corrected chi connectivity index (χ1v) is 18.0. The van der Waals surface area contributed by atoms with Crippen LogP contribution in [0.4, 0.5) is 0 Å². The van der Waals surface area contributed by atoms with Crippen molar-refractivity contribution in [2.75, 3.05) is 26.2 Å². The molecule has 0 aromatic rings. The van der Waals surface area contributed by atoms with Crippen LogP contribution >= 0.6 is 0 Å². The van der Waals surface area contributed by atoms with Gasteiger partial charge in [0, 0.05) is 44.3 Å². The SMILES string of the molecule is C=C(CN1CC=CCC1)[C@@H]1CC[C@]2(COC(C)=O)CC[C@]3(C)[C@H](CC[C@@H]4[C@@]5(C)CC[C@H](OC(C)=O)C(C)(C)[C@@H]5CC[C@]43C)[C@@H]12. The van der Waals surface area contributed by atoms with Gasteiger partial charge in [-0.1, -0.05) is 58.9 Å². The van der Waals surface area contributed by atoms with Crippen molar-refractivity contribution in [1.29, 1.82) is 0 Å². The second kappa shape index (κ2) is 11.3. The van der Waals surface area contributed by atoms with Crippen LogP contribution in [0, 0.1) is 56.7 Å². The van der Waals surface area contributed by atoms with E-state index in [2.05, 4.69) is 51.7 Å². The standard InChI is InChI=1S/C39H61NO4/c1-26(24-40-22-10-9-11-23-40)29-14-19-39(25-43-27(2)41)21-20-37(7)30(34(29)39)12-13-32-36(6)17-16-33(44-28(3)42)35(4,5)31(36)15-18-38(32,37)8/h9-10,29-34H,1,11-25H2,2-8H3/t29-,30+,31-,32+,33-,34+,36-,37+,38+,39+/m0/s1. The number of hydrogen-bond donors (Lipinski definition) is 0. The third-order valence-corrected chi connectivity index (χ3v) is 15.5. The lowest BCUT2D eigenvalue weighted by molar-refractivity contribution is -0.252. The van der Waals surface area contributed by atoms with Gasteiger partial charge >= 0.3 is 11.9 Å². The van der Waals surface area contributed by atoms with Crippen LogP contribution in [0.1, 0.15) is 119 Å². The predicted octanol–water partition coefficient (Wildman–Crippen LogP) is 8.38. The topological polar surface area (TPSA) is 55.8 Å². The number of fused-ring (bicyclic) bond motifs is 7. The molecule has 5 heteroatoms. The second-order valence-electron chi connectivity index (χ2n) is 17.6. The normalized spacial score (nSPS) is 46.2. The van der Waals surface area contributed by atoms with Gasteiger partial charge in [0.1, 0.15) is 6.10 Å². The van der Waals surface area contributed by atoms with Crippen LogP contribution in [-0.2, 0) is 19.1 Å². The average molecular weight is 608 g/mol. The molecule has 6 aliphatic rings. The Kier molecular flexibility index (Phi) is 8.28. The Balaban J connectivity index is 1.32. The molecule has 5 saturated carbocycles. The van der Waals surface area contributed by atoms with Gasteiger partial charge in [-0.25, -0.2) is 0 Å². The fraction of sp³-hybridized carbons (Fsp3) is 0.846. The van der Waals surface area contributed by atoms with Crippen molar-refractivity contribution in [1.82, 2.24) is 4.90 Å². The van der Waals surface area contributed by atoms with E-state index in [9.17, 15) is 9.59 Å². The number of ether oxygens (including phenoxy) is 2. The van der Waals surface area contributed by atoms with Gasteiger partial charge in [-0.3, -0.25) is 14.5 Å². The van der Waals surface area contributed by atoms with E-state index in [1.165, 1.54) is 44.1 Å². The highest BCUT2D eigenvalue weighted by Gasteiger charge is 2.71. The zero-order valence-electron chi connectivity index (χ0n) is 29.0. The first kappa shape index (κ1) is 32.3. The van der Waals surface area contributed by atoms with Crippen LogP contribution in [0.25, 0.3) is 0 Å². The Morgan fingerprint density at radius 3 is 2.30 bits per heavy atom. The zero-order valence-corrected chi connectivity index (χ0v) is 29.0. The number of rotatable bonds is 6. The molecule has 44 heavy (non-hydrogen) atoms. The fourth-order valence-electron chi connectivity index (χ4n) is 13.3. The van der Waals surface area contributed by atoms with Gasteiger partial charge in [-0.05, 0) is 116 Å². The molecule has 5 aliphatic carbocycles. The van der Waals surface area contributed by atoms with Crippen molar-refractivity contribution in [3.63, 3.8) is 0 Å². The maximum atomic E-state index is 12.2. The molecule has 0 spiro atoms. The Bertz CT molecular complexity index is 1190. The van der Waals surface area contributed by atoms with Gasteiger partial charge in [0.05, 0.1) is 6.61 Å². The number of esters is 2. The minimum Gasteiger partial charge on any atom is -0.465 e. The Hall–Kier alpha value is -1.62. The highest BCUT2D eigenvalue weighted by atomic mass is 16.5. The summed E-state index contributed by atoms with van der Waals surface area (Å²) in [7, 11) is 0. The van der Waals surface area contributed by atoms with Gasteiger partial charge in [-0.15, -0.1) is 0 Å². The molecule has 6 rings (SSSR count). The number of hydrogen-bond acceptors (Lipinski definition) is 5. The lowest BCUT2D eigenvalue weighted by Gasteiger charge is -2.73. The van der Waals surface area contributed by atoms with E-state index in [0.29, 0.717) is 36.2 Å². The van der Waals surface area contributed by atoms with Crippen molar-refractivity contribution in [2.24, 2.45) is 56.7 Å². The van der Waals surface area contributed by atoms with Gasteiger partial charge in [0.2, 0.25) is 0 Å². The first-order chi connectivity index (χ1) is 20.7. The molecule has 1 aliphatic heterocycles. The van der Waals surface area contributed by atoms with Crippen molar-refractivity contribution >= 4 is 11.9 Å². The van der Waals surface area contributed by atoms with Crippen molar-refractivity contribution in [2.45, 2.75) is 125 Å². The van der Waals surface area contributed by atoms with Crippen molar-refractivity contribution in [3.05, 3.63) is 24.3 Å². The molecular formula is C39H61NO4. The number of carbonyl (C=O) groups excluding carboxylic acids is 2. The quantitative estimate of drug-likeness (QED) is 0.224. The molecule has 0 aromatic heterocycles. The summed E-state index contributed by atoms with van der Waals surface area (Å²) < 4.78 is 11.9. The summed E-state index contributed by atoms with van der Waals surface area (Å²) >= 11 is 0. The summed E-state index contributed by atoms with van der Waals surface area (Å²) in [5.74, 6) is 2.64. The molecule has 246 valence electrons. The van der Waals surface area contributed by atoms with Crippen molar-refractivity contribution < 1.29 is 19.1 Å². The monoisotopic (exact) mass is 607 g/mol. The van der Waals surface area contributed by atoms with Crippen LogP contribution in [0.5, 0.6) is 0 Å². The van der Waals surface area contributed by atoms with Gasteiger partial charge in [0.15, 0.2) is 0 Å². The summed E-state index contributed by atoms with van der Waals surface area (Å²) in [4.78, 5) is 26.8. The molecule has 0 aromatic carbocycles. The molecule has 5 fully saturated rings. The summed E-state index contributed by atoms with van der Waals surface area (Å²) in [5.41, 5.74) is 2.27. The summed E-state index contributed by atoms with van der Waals surface area (Å²) in [6.45, 7) is 24.5. The highest BCUT2D eigenvalue weighted by molar-refractivity contribution is 5.66. The molecule has 5 nitrogen and oxygen atoms in total. The van der Waals surface area contributed by atoms with Crippen molar-refractivity contribution in [3.8, 4) is 0 Å². The smallest absolute Gasteiger partial charge is 0.302 e. The first-order valence-electron chi connectivity index (χ1n) is 18.0. The molecule has 0 N–H and O–H groups in total. The zero-order chi connectivity index (χ0) is 31.7. The molecule has 10 atom stereocenters. The largest absolute Gasteiger partial charge is 0.465 e. The maximum absolute atomic E-state index is 12.2. The fourth-order valence-corrected chi connectivity index (χ4v) is 13.3. The summed E-state index contributed by atoms with van der Waals surface area (Å²) in [5, 5.41) is 0. The van der Waals surface area contributed by atoms with Crippen LogP contribution < -0.4 is 0 Å². The van der Waals surface area contributed by atoms with Crippen LogP contribution in [-0.4, -0.2) is 49.2 Å². The third-order valence-electron chi connectivity index (χ3n) is 15.5. The van der Waals surface area contributed by atoms with E-state index in [1.807, 2.05) is 0 Å². The lowest BCUT2D eigenvalue weighted by atomic mass is 9.32. The minimum absolute atomic E-state index is 0.0125. The van der Waals surface area contributed by atoms with E-state index < -0.39 is 0 Å². The van der Waals surface area contributed by atoms with E-state index in [4.69, 9.17) is 16.1 Å². The number of nitrogens with zero attached hydrogens (tertiary/aromatic N) is 1. The van der Waals surface area contributed by atoms with Gasteiger partial charge < -0.3 is 9.47 Å². The van der Waals surface area contributed by atoms with Crippen LogP contribution in [0.3, 0.4) is 0 Å². The van der Waals surface area contributed by atoms with E-state index >= 15 is 0 Å². The molecular weight excluding hydrogens is 546 g/mol. The molecule has 1 heterocycles. The lowest BCUT2D eigenvalue weighted by Crippen LogP contribution is -2.67. The van der Waals surface area contributed by atoms with Gasteiger partial charge in [-0.2, -0.15) is 0 Å². The maximum Gasteiger partial charge on any atom is 0.302 e. The predicted molar refractivity (Wildman–Crippen MR) is 176 cm³/mol. The summed E-state index contributed by atoms with van der Waals surface area (Å²) in [6.07, 6.45) is 17.7. The minimum atomic E-state index is -0.136. The molecule has 0 saturated heterocycles. The van der Waals surface area contributed by atoms with E-state index in [0.717, 1.165) is 51.7 Å². The Morgan fingerprint density at radius 1 is 0.841 bits per heavy atom. The average Bonchev–Trinajstić information content (AvgIpc) is 3.34. The Morgan fingerprint density at radius 2 is 1.61 bits per heavy atom. The molecule has 0 bridgehead atoms. The Labute approximate surface area is 268 Å². The molecule has 0 radical (unpaired) electrons. The van der Waals surface area contributed by atoms with E-state index in [-0.39, 0.29) is 45.1 Å². The molecule has 0 unspecified atom stereocenters. The van der Waals surface area contributed by atoms with Gasteiger partial charge in [0.25, 0.3) is 0 Å². The van der Waals surface area contributed by atoms with Crippen LogP contribution in [0.15, 0.2) is 24.3 Å². The third kappa shape index (κ3) is 4.87. The number of carbonyl (C=O) groups is 2. The van der Waals surface area contributed by atoms with Crippen LogP contribution in [0.2, 0.25) is 0 Å². The highest BCUT2D eigenvalue weighted by Crippen LogP contribution is 2.77. The second-order valence-corrected chi connectivity index (χ2v) is 17.6.